The molecule has 3 aromatic heterocycles. The van der Waals surface area contributed by atoms with Gasteiger partial charge in [-0.15, -0.1) is 11.3 Å². The Labute approximate surface area is 96.9 Å². The zero-order valence-corrected chi connectivity index (χ0v) is 9.53. The van der Waals surface area contributed by atoms with Crippen molar-refractivity contribution in [1.29, 1.82) is 0 Å². The molecule has 0 bridgehead atoms. The SMILES string of the molecule is Cc1csc2c(=O)c3c(=O)[nH][nH]c(=O)c3[nH]c12. The Balaban J connectivity index is 2.81. The molecule has 86 valence electrons. The fourth-order valence-corrected chi connectivity index (χ4v) is 2.76. The van der Waals surface area contributed by atoms with E-state index in [2.05, 4.69) is 15.2 Å². The van der Waals surface area contributed by atoms with Crippen molar-refractivity contribution in [2.75, 3.05) is 0 Å². The Morgan fingerprint density at radius 2 is 1.76 bits per heavy atom. The van der Waals surface area contributed by atoms with Crippen LogP contribution in [0.1, 0.15) is 5.56 Å². The smallest absolute Gasteiger partial charge is 0.287 e. The lowest BCUT2D eigenvalue weighted by Gasteiger charge is -1.97. The van der Waals surface area contributed by atoms with E-state index in [-0.39, 0.29) is 10.9 Å². The molecule has 0 fully saturated rings. The first kappa shape index (κ1) is 10.0. The monoisotopic (exact) mass is 249 g/mol. The Morgan fingerprint density at radius 1 is 1.06 bits per heavy atom. The first-order valence-corrected chi connectivity index (χ1v) is 5.72. The normalized spacial score (nSPS) is 11.4. The van der Waals surface area contributed by atoms with Gasteiger partial charge in [0.15, 0.2) is 0 Å². The van der Waals surface area contributed by atoms with Crippen molar-refractivity contribution < 1.29 is 0 Å². The molecule has 7 heteroatoms. The van der Waals surface area contributed by atoms with Gasteiger partial charge < -0.3 is 4.98 Å². The number of thiophene rings is 1. The molecule has 0 aromatic carbocycles. The number of fused-ring (bicyclic) bond motifs is 2. The van der Waals surface area contributed by atoms with E-state index in [1.54, 1.807) is 0 Å². The molecule has 0 spiro atoms. The quantitative estimate of drug-likeness (QED) is 0.538. The minimum Gasteiger partial charge on any atom is -0.349 e. The third kappa shape index (κ3) is 1.22. The molecule has 0 atom stereocenters. The van der Waals surface area contributed by atoms with Crippen LogP contribution >= 0.6 is 11.3 Å². The van der Waals surface area contributed by atoms with Gasteiger partial charge in [0.05, 0.1) is 10.2 Å². The molecule has 6 nitrogen and oxygen atoms in total. The van der Waals surface area contributed by atoms with Crippen LogP contribution in [0.5, 0.6) is 0 Å². The Morgan fingerprint density at radius 3 is 2.53 bits per heavy atom. The lowest BCUT2D eigenvalue weighted by atomic mass is 10.2. The second kappa shape index (κ2) is 3.17. The number of nitrogens with one attached hydrogen (secondary N) is 3. The molecule has 0 radical (unpaired) electrons. The maximum Gasteiger partial charge on any atom is 0.287 e. The molecule has 0 aliphatic rings. The summed E-state index contributed by atoms with van der Waals surface area (Å²) in [6.07, 6.45) is 0. The summed E-state index contributed by atoms with van der Waals surface area (Å²) in [7, 11) is 0. The topological polar surface area (TPSA) is 98.6 Å². The van der Waals surface area contributed by atoms with E-state index in [1.165, 1.54) is 11.3 Å². The molecule has 0 saturated heterocycles. The maximum absolute atomic E-state index is 12.1. The standard InChI is InChI=1S/C10H7N3O3S/c1-3-2-17-8-5(3)11-6-4(7(8)14)9(15)12-13-10(6)16/h2H,1H3,(H,11,14)(H,12,15)(H,13,16). The summed E-state index contributed by atoms with van der Waals surface area (Å²) in [6, 6.07) is 0. The Bertz CT molecular complexity index is 912. The predicted molar refractivity (Wildman–Crippen MR) is 65.9 cm³/mol. The van der Waals surface area contributed by atoms with Gasteiger partial charge in [0.1, 0.15) is 10.9 Å². The largest absolute Gasteiger partial charge is 0.349 e. The average Bonchev–Trinajstić information content (AvgIpc) is 2.67. The number of aryl methyl sites for hydroxylation is 1. The van der Waals surface area contributed by atoms with Gasteiger partial charge >= 0.3 is 0 Å². The van der Waals surface area contributed by atoms with Crippen molar-refractivity contribution in [3.63, 3.8) is 0 Å². The number of rotatable bonds is 0. The highest BCUT2D eigenvalue weighted by atomic mass is 32.1. The third-order valence-corrected chi connectivity index (χ3v) is 3.75. The van der Waals surface area contributed by atoms with Crippen LogP contribution in [-0.2, 0) is 0 Å². The zero-order valence-electron chi connectivity index (χ0n) is 8.71. The van der Waals surface area contributed by atoms with Crippen molar-refractivity contribution in [3.05, 3.63) is 41.9 Å². The maximum atomic E-state index is 12.1. The summed E-state index contributed by atoms with van der Waals surface area (Å²) >= 11 is 1.26. The highest BCUT2D eigenvalue weighted by Gasteiger charge is 2.13. The van der Waals surface area contributed by atoms with Gasteiger partial charge in [0.25, 0.3) is 11.1 Å². The van der Waals surface area contributed by atoms with Crippen molar-refractivity contribution in [1.82, 2.24) is 15.2 Å². The molecule has 17 heavy (non-hydrogen) atoms. The van der Waals surface area contributed by atoms with Crippen LogP contribution < -0.4 is 16.5 Å². The molecule has 0 amide bonds. The fraction of sp³-hybridized carbons (Fsp3) is 0.100. The summed E-state index contributed by atoms with van der Waals surface area (Å²) in [5.74, 6) is 0. The van der Waals surface area contributed by atoms with Crippen LogP contribution in [0.4, 0.5) is 0 Å². The minimum absolute atomic E-state index is 0.0211. The van der Waals surface area contributed by atoms with Crippen LogP contribution in [0.2, 0.25) is 0 Å². The Kier molecular flexibility index (Phi) is 1.87. The minimum atomic E-state index is -0.589. The summed E-state index contributed by atoms with van der Waals surface area (Å²) in [5.41, 5.74) is 0.0113. The molecule has 3 aromatic rings. The summed E-state index contributed by atoms with van der Waals surface area (Å²) < 4.78 is 0.464. The third-order valence-electron chi connectivity index (χ3n) is 2.65. The molecule has 3 N–H and O–H groups in total. The summed E-state index contributed by atoms with van der Waals surface area (Å²) in [5, 5.41) is 6.02. The van der Waals surface area contributed by atoms with Gasteiger partial charge in [-0.3, -0.25) is 24.6 Å². The number of H-pyrrole nitrogens is 3. The van der Waals surface area contributed by atoms with Gasteiger partial charge in [-0.1, -0.05) is 0 Å². The second-order valence-electron chi connectivity index (χ2n) is 3.74. The molecular weight excluding hydrogens is 242 g/mol. The van der Waals surface area contributed by atoms with Gasteiger partial charge in [-0.2, -0.15) is 0 Å². The van der Waals surface area contributed by atoms with E-state index in [0.717, 1.165) is 5.56 Å². The van der Waals surface area contributed by atoms with Crippen molar-refractivity contribution >= 4 is 32.5 Å². The van der Waals surface area contributed by atoms with Crippen LogP contribution in [0, 0.1) is 6.92 Å². The van der Waals surface area contributed by atoms with Crippen LogP contribution in [-0.4, -0.2) is 15.2 Å². The van der Waals surface area contributed by atoms with E-state index in [1.807, 2.05) is 12.3 Å². The number of aromatic nitrogens is 3. The van der Waals surface area contributed by atoms with Crippen molar-refractivity contribution in [3.8, 4) is 0 Å². The highest BCUT2D eigenvalue weighted by Crippen LogP contribution is 2.21. The molecule has 3 rings (SSSR count). The zero-order chi connectivity index (χ0) is 12.2. The molecule has 0 aliphatic heterocycles. The molecular formula is C10H7N3O3S. The van der Waals surface area contributed by atoms with Gasteiger partial charge in [-0.25, -0.2) is 0 Å². The fourth-order valence-electron chi connectivity index (χ4n) is 1.81. The van der Waals surface area contributed by atoms with Crippen LogP contribution in [0.25, 0.3) is 21.1 Å². The number of hydrogen-bond donors (Lipinski definition) is 3. The summed E-state index contributed by atoms with van der Waals surface area (Å²) in [4.78, 5) is 38.1. The van der Waals surface area contributed by atoms with Crippen molar-refractivity contribution in [2.24, 2.45) is 0 Å². The first-order chi connectivity index (χ1) is 8.09. The summed E-state index contributed by atoms with van der Waals surface area (Å²) in [6.45, 7) is 1.84. The van der Waals surface area contributed by atoms with E-state index >= 15 is 0 Å². The van der Waals surface area contributed by atoms with E-state index in [0.29, 0.717) is 10.2 Å². The average molecular weight is 249 g/mol. The lowest BCUT2D eigenvalue weighted by Crippen LogP contribution is -2.25. The van der Waals surface area contributed by atoms with Gasteiger partial charge in [0, 0.05) is 0 Å². The number of aromatic amines is 3. The first-order valence-electron chi connectivity index (χ1n) is 4.84. The van der Waals surface area contributed by atoms with E-state index < -0.39 is 16.5 Å². The molecule has 3 heterocycles. The Hall–Kier alpha value is -2.15. The number of pyridine rings is 1. The molecule has 0 aliphatic carbocycles. The van der Waals surface area contributed by atoms with Gasteiger partial charge in [0.2, 0.25) is 5.43 Å². The van der Waals surface area contributed by atoms with E-state index in [9.17, 15) is 14.4 Å². The molecule has 0 saturated carbocycles. The van der Waals surface area contributed by atoms with E-state index in [4.69, 9.17) is 0 Å². The van der Waals surface area contributed by atoms with Crippen molar-refractivity contribution in [2.45, 2.75) is 6.92 Å². The second-order valence-corrected chi connectivity index (χ2v) is 4.61. The lowest BCUT2D eigenvalue weighted by molar-refractivity contribution is 0.970. The van der Waals surface area contributed by atoms with Crippen LogP contribution in [0.3, 0.4) is 0 Å². The predicted octanol–water partition coefficient (Wildman–Crippen LogP) is 0.428. The van der Waals surface area contributed by atoms with Gasteiger partial charge in [-0.05, 0) is 17.9 Å². The highest BCUT2D eigenvalue weighted by molar-refractivity contribution is 7.17. The number of hydrogen-bond acceptors (Lipinski definition) is 4. The molecule has 0 unspecified atom stereocenters. The van der Waals surface area contributed by atoms with Crippen LogP contribution in [0.15, 0.2) is 19.8 Å².